The highest BCUT2D eigenvalue weighted by molar-refractivity contribution is 5.55. The second-order valence-electron chi connectivity index (χ2n) is 6.56. The van der Waals surface area contributed by atoms with Crippen LogP contribution in [0.5, 0.6) is 0 Å². The first-order chi connectivity index (χ1) is 12.5. The standard InChI is InChI=1S/C18H25N7O/c1-5-25-6-7-26-16(17(25)14-9-21-24(4)11-14)10-20-18-15(8-19)12(2)13(3)22-23-18/h9,11,16-17H,5-7,10H2,1-4H3,(H,20,23)/t16-,17-/m0/s1. The van der Waals surface area contributed by atoms with Crippen LogP contribution in [0.25, 0.3) is 0 Å². The van der Waals surface area contributed by atoms with Crippen molar-refractivity contribution in [1.82, 2.24) is 24.9 Å². The molecule has 1 saturated heterocycles. The van der Waals surface area contributed by atoms with Gasteiger partial charge in [-0.15, -0.1) is 5.10 Å². The summed E-state index contributed by atoms with van der Waals surface area (Å²) in [5, 5.41) is 25.4. The zero-order chi connectivity index (χ0) is 18.7. The summed E-state index contributed by atoms with van der Waals surface area (Å²) in [4.78, 5) is 2.39. The van der Waals surface area contributed by atoms with Crippen LogP contribution in [0, 0.1) is 25.2 Å². The number of hydrogen-bond donors (Lipinski definition) is 1. The lowest BCUT2D eigenvalue weighted by Gasteiger charge is -2.40. The zero-order valence-corrected chi connectivity index (χ0v) is 15.7. The molecule has 0 amide bonds. The molecule has 8 heteroatoms. The third kappa shape index (κ3) is 3.54. The molecule has 0 aromatic carbocycles. The average molecular weight is 355 g/mol. The predicted octanol–water partition coefficient (Wildman–Crippen LogP) is 1.57. The van der Waals surface area contributed by atoms with Crippen LogP contribution in [0.3, 0.4) is 0 Å². The largest absolute Gasteiger partial charge is 0.373 e. The van der Waals surface area contributed by atoms with E-state index in [-0.39, 0.29) is 12.1 Å². The van der Waals surface area contributed by atoms with Crippen LogP contribution in [0.15, 0.2) is 12.4 Å². The summed E-state index contributed by atoms with van der Waals surface area (Å²) in [5.41, 5.74) is 3.30. The fourth-order valence-corrected chi connectivity index (χ4v) is 3.40. The lowest BCUT2D eigenvalue weighted by molar-refractivity contribution is -0.0639. The van der Waals surface area contributed by atoms with E-state index in [1.165, 1.54) is 0 Å². The minimum Gasteiger partial charge on any atom is -0.373 e. The number of nitrogens with zero attached hydrogens (tertiary/aromatic N) is 6. The summed E-state index contributed by atoms with van der Waals surface area (Å²) < 4.78 is 7.87. The van der Waals surface area contributed by atoms with Gasteiger partial charge in [-0.3, -0.25) is 9.58 Å². The molecule has 0 aliphatic carbocycles. The molecule has 0 unspecified atom stereocenters. The van der Waals surface area contributed by atoms with E-state index >= 15 is 0 Å². The molecule has 1 fully saturated rings. The van der Waals surface area contributed by atoms with Gasteiger partial charge >= 0.3 is 0 Å². The van der Waals surface area contributed by atoms with Crippen LogP contribution in [-0.2, 0) is 11.8 Å². The van der Waals surface area contributed by atoms with Gasteiger partial charge in [0.15, 0.2) is 5.82 Å². The van der Waals surface area contributed by atoms with Crippen molar-refractivity contribution in [3.05, 3.63) is 34.8 Å². The smallest absolute Gasteiger partial charge is 0.167 e. The van der Waals surface area contributed by atoms with Crippen molar-refractivity contribution in [1.29, 1.82) is 5.26 Å². The van der Waals surface area contributed by atoms with E-state index in [1.807, 2.05) is 38.0 Å². The molecule has 0 saturated carbocycles. The van der Waals surface area contributed by atoms with Crippen LogP contribution in [0.1, 0.15) is 35.3 Å². The zero-order valence-electron chi connectivity index (χ0n) is 15.7. The number of aromatic nitrogens is 4. The van der Waals surface area contributed by atoms with Crippen molar-refractivity contribution in [2.45, 2.75) is 32.9 Å². The number of aryl methyl sites for hydroxylation is 2. The van der Waals surface area contributed by atoms with Gasteiger partial charge < -0.3 is 10.1 Å². The van der Waals surface area contributed by atoms with E-state index in [4.69, 9.17) is 4.74 Å². The van der Waals surface area contributed by atoms with Gasteiger partial charge in [-0.1, -0.05) is 6.92 Å². The Kier molecular flexibility index (Phi) is 5.49. The Morgan fingerprint density at radius 2 is 2.19 bits per heavy atom. The summed E-state index contributed by atoms with van der Waals surface area (Å²) in [6, 6.07) is 2.34. The molecule has 1 N–H and O–H groups in total. The first kappa shape index (κ1) is 18.3. The molecule has 0 spiro atoms. The summed E-state index contributed by atoms with van der Waals surface area (Å²) in [5.74, 6) is 0.512. The molecule has 2 aromatic rings. The number of nitriles is 1. The number of hydrogen-bond acceptors (Lipinski definition) is 7. The van der Waals surface area contributed by atoms with Crippen LogP contribution in [-0.4, -0.2) is 57.2 Å². The highest BCUT2D eigenvalue weighted by Crippen LogP contribution is 2.29. The second kappa shape index (κ2) is 7.81. The van der Waals surface area contributed by atoms with Crippen molar-refractivity contribution in [3.63, 3.8) is 0 Å². The number of morpholine rings is 1. The minimum absolute atomic E-state index is 0.0668. The van der Waals surface area contributed by atoms with Crippen LogP contribution in [0.2, 0.25) is 0 Å². The minimum atomic E-state index is -0.0668. The van der Waals surface area contributed by atoms with E-state index in [9.17, 15) is 5.26 Å². The van der Waals surface area contributed by atoms with Gasteiger partial charge in [-0.2, -0.15) is 15.5 Å². The Bertz CT molecular complexity index is 810. The van der Waals surface area contributed by atoms with Gasteiger partial charge in [0.25, 0.3) is 0 Å². The Morgan fingerprint density at radius 1 is 1.38 bits per heavy atom. The Balaban J connectivity index is 1.81. The van der Waals surface area contributed by atoms with Crippen molar-refractivity contribution in [2.75, 3.05) is 31.6 Å². The van der Waals surface area contributed by atoms with Gasteiger partial charge in [0.1, 0.15) is 11.6 Å². The van der Waals surface area contributed by atoms with E-state index < -0.39 is 0 Å². The van der Waals surface area contributed by atoms with E-state index in [1.54, 1.807) is 0 Å². The Hall–Kier alpha value is -2.50. The van der Waals surface area contributed by atoms with E-state index in [0.29, 0.717) is 24.5 Å². The molecule has 138 valence electrons. The summed E-state index contributed by atoms with van der Waals surface area (Å²) in [7, 11) is 1.92. The molecule has 3 rings (SSSR count). The highest BCUT2D eigenvalue weighted by Gasteiger charge is 2.33. The third-order valence-corrected chi connectivity index (χ3v) is 4.97. The van der Waals surface area contributed by atoms with Crippen LogP contribution >= 0.6 is 0 Å². The Morgan fingerprint density at radius 3 is 2.85 bits per heavy atom. The monoisotopic (exact) mass is 355 g/mol. The SMILES string of the molecule is CCN1CCO[C@@H](CNc2nnc(C)c(C)c2C#N)[C@@H]1c1cnn(C)c1. The topological polar surface area (TPSA) is 91.9 Å². The average Bonchev–Trinajstić information content (AvgIpc) is 3.08. The van der Waals surface area contributed by atoms with Gasteiger partial charge in [-0.05, 0) is 26.0 Å². The maximum Gasteiger partial charge on any atom is 0.167 e. The first-order valence-corrected chi connectivity index (χ1v) is 8.87. The molecule has 2 aromatic heterocycles. The predicted molar refractivity (Wildman–Crippen MR) is 97.6 cm³/mol. The fourth-order valence-electron chi connectivity index (χ4n) is 3.40. The highest BCUT2D eigenvalue weighted by atomic mass is 16.5. The van der Waals surface area contributed by atoms with Gasteiger partial charge in [0, 0.05) is 31.9 Å². The van der Waals surface area contributed by atoms with Gasteiger partial charge in [0.05, 0.1) is 30.6 Å². The third-order valence-electron chi connectivity index (χ3n) is 4.97. The molecular weight excluding hydrogens is 330 g/mol. The summed E-state index contributed by atoms with van der Waals surface area (Å²) >= 11 is 0. The molecule has 2 atom stereocenters. The number of rotatable bonds is 5. The number of likely N-dealkylation sites (N-methyl/N-ethyl adjacent to an activating group) is 1. The number of ether oxygens (including phenoxy) is 1. The fraction of sp³-hybridized carbons (Fsp3) is 0.556. The van der Waals surface area contributed by atoms with E-state index in [0.717, 1.165) is 29.9 Å². The lowest BCUT2D eigenvalue weighted by atomic mass is 10.0. The second-order valence-corrected chi connectivity index (χ2v) is 6.56. The van der Waals surface area contributed by atoms with Crippen molar-refractivity contribution < 1.29 is 4.74 Å². The number of nitrogens with one attached hydrogen (secondary N) is 1. The number of anilines is 1. The molecule has 1 aliphatic heterocycles. The molecular formula is C18H25N7O. The van der Waals surface area contributed by atoms with Gasteiger partial charge in [-0.25, -0.2) is 0 Å². The molecule has 3 heterocycles. The molecule has 8 nitrogen and oxygen atoms in total. The van der Waals surface area contributed by atoms with Crippen molar-refractivity contribution in [3.8, 4) is 6.07 Å². The van der Waals surface area contributed by atoms with Crippen molar-refractivity contribution in [2.24, 2.45) is 7.05 Å². The molecule has 26 heavy (non-hydrogen) atoms. The van der Waals surface area contributed by atoms with Crippen LogP contribution in [0.4, 0.5) is 5.82 Å². The maximum atomic E-state index is 9.47. The maximum absolute atomic E-state index is 9.47. The molecule has 0 radical (unpaired) electrons. The van der Waals surface area contributed by atoms with E-state index in [2.05, 4.69) is 38.5 Å². The normalized spacial score (nSPS) is 20.7. The quantitative estimate of drug-likeness (QED) is 0.870. The molecule has 1 aliphatic rings. The van der Waals surface area contributed by atoms with Crippen molar-refractivity contribution >= 4 is 5.82 Å². The lowest BCUT2D eigenvalue weighted by Crippen LogP contribution is -2.47. The van der Waals surface area contributed by atoms with Crippen LogP contribution < -0.4 is 5.32 Å². The van der Waals surface area contributed by atoms with Gasteiger partial charge in [0.2, 0.25) is 0 Å². The summed E-state index contributed by atoms with van der Waals surface area (Å²) in [6.45, 7) is 8.95. The first-order valence-electron chi connectivity index (χ1n) is 8.87. The summed E-state index contributed by atoms with van der Waals surface area (Å²) in [6.07, 6.45) is 3.86. The Labute approximate surface area is 153 Å². The molecule has 0 bridgehead atoms.